The molecule has 0 unspecified atom stereocenters. The molecule has 5 nitrogen and oxygen atoms in total. The third kappa shape index (κ3) is 10.7. The van der Waals surface area contributed by atoms with Crippen molar-refractivity contribution in [3.63, 3.8) is 0 Å². The van der Waals surface area contributed by atoms with Gasteiger partial charge in [-0.3, -0.25) is 0 Å². The van der Waals surface area contributed by atoms with E-state index in [9.17, 15) is 4.79 Å². The molecule has 0 N–H and O–H groups in total. The zero-order valence-corrected chi connectivity index (χ0v) is 31.3. The first-order valence-corrected chi connectivity index (χ1v) is 26.0. The van der Waals surface area contributed by atoms with Crippen molar-refractivity contribution in [2.45, 2.75) is 170 Å². The molecule has 1 fully saturated rings. The topological polar surface area (TPSA) is 48.0 Å². The van der Waals surface area contributed by atoms with Crippen molar-refractivity contribution in [2.75, 3.05) is 6.61 Å². The fraction of sp³-hybridized carbons (Fsp3) is 0.903. The van der Waals surface area contributed by atoms with E-state index in [1.807, 2.05) is 39.5 Å². The summed E-state index contributed by atoms with van der Waals surface area (Å²) < 4.78 is 26.2. The van der Waals surface area contributed by atoms with Gasteiger partial charge in [-0.1, -0.05) is 0 Å². The summed E-state index contributed by atoms with van der Waals surface area (Å²) in [5, 5.41) is 0.0673. The minimum absolute atomic E-state index is 0.0673. The fourth-order valence-corrected chi connectivity index (χ4v) is 20.6. The standard InChI is InChI=1S/C19H36NO4Si.3C4H9.Sn/c1-12-15(24-25(10,11)18(5,6)7)14-13-22-19(8,9)20(14)16(21)23-17(2,3)4;3*1-3-4-2;/h1,12,14-15H,13H2,2-11H3;3*1,3-4H2,2H3;/t14-,15+;;;;/m1..../s1. The average Bonchev–Trinajstić information content (AvgIpc) is 3.10. The van der Waals surface area contributed by atoms with Crippen molar-refractivity contribution >= 4 is 32.8 Å². The van der Waals surface area contributed by atoms with Crippen LogP contribution in [0.4, 0.5) is 4.79 Å². The molecule has 7 heteroatoms. The Morgan fingerprint density at radius 1 is 1.00 bits per heavy atom. The fourth-order valence-electron chi connectivity index (χ4n) is 5.01. The zero-order chi connectivity index (χ0) is 29.4. The van der Waals surface area contributed by atoms with E-state index in [2.05, 4.69) is 64.8 Å². The summed E-state index contributed by atoms with van der Waals surface area (Å²) in [4.78, 5) is 15.4. The predicted octanol–water partition coefficient (Wildman–Crippen LogP) is 9.69. The summed E-state index contributed by atoms with van der Waals surface area (Å²) in [5.41, 5.74) is -1.32. The first kappa shape index (κ1) is 36.0. The molecule has 38 heavy (non-hydrogen) atoms. The molecule has 1 aliphatic rings. The van der Waals surface area contributed by atoms with E-state index in [1.54, 1.807) is 0 Å². The molecule has 1 heterocycles. The minimum atomic E-state index is -2.56. The summed E-state index contributed by atoms with van der Waals surface area (Å²) in [6.07, 6.45) is 9.63. The number of carbonyl (C=O) groups is 1. The second-order valence-corrected chi connectivity index (χ2v) is 32.3. The van der Waals surface area contributed by atoms with Crippen LogP contribution in [0, 0.1) is 0 Å². The Morgan fingerprint density at radius 3 is 1.87 bits per heavy atom. The Labute approximate surface area is 241 Å². The van der Waals surface area contributed by atoms with Gasteiger partial charge in [0.25, 0.3) is 0 Å². The zero-order valence-electron chi connectivity index (χ0n) is 27.5. The van der Waals surface area contributed by atoms with E-state index in [4.69, 9.17) is 13.9 Å². The van der Waals surface area contributed by atoms with E-state index in [0.29, 0.717) is 6.61 Å². The Balaban J connectivity index is 3.58. The Morgan fingerprint density at radius 2 is 1.47 bits per heavy atom. The molecule has 1 amide bonds. The van der Waals surface area contributed by atoms with Gasteiger partial charge in [0.05, 0.1) is 0 Å². The van der Waals surface area contributed by atoms with Gasteiger partial charge in [0.15, 0.2) is 0 Å². The maximum atomic E-state index is 13.5. The van der Waals surface area contributed by atoms with E-state index >= 15 is 0 Å². The summed E-state index contributed by atoms with van der Waals surface area (Å²) in [6.45, 7) is 28.6. The van der Waals surface area contributed by atoms with Gasteiger partial charge < -0.3 is 0 Å². The number of rotatable bonds is 14. The monoisotopic (exact) mass is 661 g/mol. The van der Waals surface area contributed by atoms with Crippen molar-refractivity contribution in [1.29, 1.82) is 0 Å². The SMILES string of the molecule is CCC[CH2][Sn](/[CH]=C/[C@H](O[Si](C)(C)C(C)(C)C)[C@H]1COC(C)(C)N1C(=O)OC(C)(C)C)([CH2]CCC)[CH2]CCC. The van der Waals surface area contributed by atoms with Gasteiger partial charge in [0.1, 0.15) is 0 Å². The van der Waals surface area contributed by atoms with Crippen LogP contribution in [0.5, 0.6) is 0 Å². The summed E-state index contributed by atoms with van der Waals surface area (Å²) in [6, 6.07) is -0.210. The van der Waals surface area contributed by atoms with Gasteiger partial charge in [-0.05, 0) is 0 Å². The van der Waals surface area contributed by atoms with Gasteiger partial charge >= 0.3 is 243 Å². The van der Waals surface area contributed by atoms with Crippen molar-refractivity contribution in [1.82, 2.24) is 4.90 Å². The van der Waals surface area contributed by atoms with Gasteiger partial charge in [0, 0.05) is 0 Å². The number of nitrogens with zero attached hydrogens (tertiary/aromatic N) is 1. The van der Waals surface area contributed by atoms with Gasteiger partial charge in [-0.2, -0.15) is 0 Å². The number of ether oxygens (including phenoxy) is 2. The quantitative estimate of drug-likeness (QED) is 0.174. The Hall–Kier alpha value is -0.0544. The van der Waals surface area contributed by atoms with Crippen LogP contribution in [0.2, 0.25) is 31.4 Å². The van der Waals surface area contributed by atoms with E-state index in [1.165, 1.54) is 51.8 Å². The maximum absolute atomic E-state index is 13.5. The first-order chi connectivity index (χ1) is 17.3. The van der Waals surface area contributed by atoms with Crippen molar-refractivity contribution < 1.29 is 18.7 Å². The van der Waals surface area contributed by atoms with Gasteiger partial charge in [0.2, 0.25) is 0 Å². The molecule has 1 saturated heterocycles. The number of carbonyl (C=O) groups excluding carboxylic acids is 1. The molecule has 0 aromatic heterocycles. The molecular formula is C31H63NO4SiSn. The molecule has 0 bridgehead atoms. The second kappa shape index (κ2) is 14.7. The average molecular weight is 661 g/mol. The van der Waals surface area contributed by atoms with Crippen LogP contribution < -0.4 is 0 Å². The molecular weight excluding hydrogens is 597 g/mol. The van der Waals surface area contributed by atoms with Gasteiger partial charge in [-0.15, -0.1) is 0 Å². The van der Waals surface area contributed by atoms with Crippen molar-refractivity contribution in [3.8, 4) is 0 Å². The molecule has 1 aliphatic heterocycles. The van der Waals surface area contributed by atoms with E-state index in [0.717, 1.165) is 0 Å². The number of hydrogen-bond donors (Lipinski definition) is 0. The van der Waals surface area contributed by atoms with Crippen LogP contribution in [-0.2, 0) is 13.9 Å². The van der Waals surface area contributed by atoms with Gasteiger partial charge in [-0.25, -0.2) is 0 Å². The molecule has 224 valence electrons. The summed E-state index contributed by atoms with van der Waals surface area (Å²) >= 11 is -2.56. The number of hydrogen-bond acceptors (Lipinski definition) is 4. The van der Waals surface area contributed by atoms with Crippen LogP contribution in [0.25, 0.3) is 0 Å². The molecule has 0 saturated carbocycles. The normalized spacial score (nSPS) is 19.8. The molecule has 0 aliphatic carbocycles. The van der Waals surface area contributed by atoms with E-state index < -0.39 is 38.0 Å². The molecule has 0 radical (unpaired) electrons. The third-order valence-corrected chi connectivity index (χ3v) is 27.0. The van der Waals surface area contributed by atoms with E-state index in [-0.39, 0.29) is 23.3 Å². The first-order valence-electron chi connectivity index (χ1n) is 15.4. The number of amides is 1. The van der Waals surface area contributed by atoms with Crippen LogP contribution in [0.3, 0.4) is 0 Å². The molecule has 0 aromatic carbocycles. The molecule has 0 aromatic rings. The number of unbranched alkanes of at least 4 members (excludes halogenated alkanes) is 3. The second-order valence-electron chi connectivity index (χ2n) is 14.6. The third-order valence-electron chi connectivity index (χ3n) is 8.45. The summed E-state index contributed by atoms with van der Waals surface area (Å²) in [5.74, 6) is 0. The summed E-state index contributed by atoms with van der Waals surface area (Å²) in [7, 11) is -2.13. The molecule has 1 rings (SSSR count). The Kier molecular flexibility index (Phi) is 13.9. The van der Waals surface area contributed by atoms with Crippen LogP contribution in [0.15, 0.2) is 10.2 Å². The van der Waals surface area contributed by atoms with Crippen LogP contribution in [0.1, 0.15) is 115 Å². The van der Waals surface area contributed by atoms with Crippen LogP contribution >= 0.6 is 0 Å². The van der Waals surface area contributed by atoms with Crippen LogP contribution in [-0.4, -0.2) is 67.8 Å². The molecule has 2 atom stereocenters. The predicted molar refractivity (Wildman–Crippen MR) is 168 cm³/mol. The van der Waals surface area contributed by atoms with Crippen molar-refractivity contribution in [3.05, 3.63) is 10.2 Å². The Bertz CT molecular complexity index is 732. The van der Waals surface area contributed by atoms with Crippen molar-refractivity contribution in [2.24, 2.45) is 0 Å². The molecule has 0 spiro atoms.